The molecule has 1 saturated heterocycles. The summed E-state index contributed by atoms with van der Waals surface area (Å²) in [4.78, 5) is 26.7. The SMILES string of the molecule is CCNc1ccc(N2CCN(C(=O)c3ccc([N+](=O)[O-])cc3Cl)CC2)nn1. The van der Waals surface area contributed by atoms with Crippen LogP contribution in [0.1, 0.15) is 17.3 Å². The van der Waals surface area contributed by atoms with Crippen LogP contribution in [0.3, 0.4) is 0 Å². The molecular weight excluding hydrogens is 372 g/mol. The van der Waals surface area contributed by atoms with Crippen LogP contribution in [0.25, 0.3) is 0 Å². The second-order valence-corrected chi connectivity index (χ2v) is 6.41. The molecular formula is C17H19ClN6O3. The fourth-order valence-electron chi connectivity index (χ4n) is 2.87. The Bertz CT molecular complexity index is 837. The molecule has 1 aliphatic rings. The fraction of sp³-hybridized carbons (Fsp3) is 0.353. The maximum absolute atomic E-state index is 12.7. The number of aromatic nitrogens is 2. The van der Waals surface area contributed by atoms with Crippen molar-refractivity contribution in [2.24, 2.45) is 0 Å². The average molecular weight is 391 g/mol. The van der Waals surface area contributed by atoms with E-state index in [4.69, 9.17) is 11.6 Å². The van der Waals surface area contributed by atoms with E-state index in [1.807, 2.05) is 19.1 Å². The molecule has 2 aromatic rings. The molecule has 2 heterocycles. The van der Waals surface area contributed by atoms with Crippen molar-refractivity contribution in [3.8, 4) is 0 Å². The highest BCUT2D eigenvalue weighted by atomic mass is 35.5. The largest absolute Gasteiger partial charge is 0.369 e. The summed E-state index contributed by atoms with van der Waals surface area (Å²) in [5.41, 5.74) is 0.131. The number of halogens is 1. The molecule has 1 fully saturated rings. The van der Waals surface area contributed by atoms with E-state index in [2.05, 4.69) is 20.4 Å². The van der Waals surface area contributed by atoms with Crippen molar-refractivity contribution in [1.29, 1.82) is 0 Å². The molecule has 142 valence electrons. The summed E-state index contributed by atoms with van der Waals surface area (Å²) >= 11 is 6.07. The third-order valence-corrected chi connectivity index (χ3v) is 4.61. The summed E-state index contributed by atoms with van der Waals surface area (Å²) in [6, 6.07) is 7.67. The van der Waals surface area contributed by atoms with Gasteiger partial charge in [-0.25, -0.2) is 0 Å². The Labute approximate surface area is 161 Å². The maximum atomic E-state index is 12.7. The van der Waals surface area contributed by atoms with Crippen LogP contribution in [0.5, 0.6) is 0 Å². The van der Waals surface area contributed by atoms with E-state index >= 15 is 0 Å². The van der Waals surface area contributed by atoms with Crippen molar-refractivity contribution in [3.05, 3.63) is 51.0 Å². The number of hydrogen-bond acceptors (Lipinski definition) is 7. The summed E-state index contributed by atoms with van der Waals surface area (Å²) in [6.45, 7) is 5.01. The first kappa shape index (κ1) is 18.8. The first-order valence-electron chi connectivity index (χ1n) is 8.55. The molecule has 1 aliphatic heterocycles. The van der Waals surface area contributed by atoms with Gasteiger partial charge in [0.05, 0.1) is 15.5 Å². The molecule has 1 aromatic carbocycles. The molecule has 3 rings (SSSR count). The number of anilines is 2. The van der Waals surface area contributed by atoms with Crippen LogP contribution in [-0.4, -0.2) is 58.7 Å². The monoisotopic (exact) mass is 390 g/mol. The summed E-state index contributed by atoms with van der Waals surface area (Å²) in [6.07, 6.45) is 0. The highest BCUT2D eigenvalue weighted by Gasteiger charge is 2.25. The van der Waals surface area contributed by atoms with Crippen LogP contribution < -0.4 is 10.2 Å². The fourth-order valence-corrected chi connectivity index (χ4v) is 3.12. The van der Waals surface area contributed by atoms with Gasteiger partial charge in [-0.1, -0.05) is 11.6 Å². The van der Waals surface area contributed by atoms with Gasteiger partial charge in [0.2, 0.25) is 0 Å². The number of benzene rings is 1. The van der Waals surface area contributed by atoms with Crippen LogP contribution >= 0.6 is 11.6 Å². The number of nitro benzene ring substituents is 1. The van der Waals surface area contributed by atoms with Gasteiger partial charge in [0.1, 0.15) is 5.82 Å². The van der Waals surface area contributed by atoms with E-state index in [-0.39, 0.29) is 22.2 Å². The Hall–Kier alpha value is -2.94. The van der Waals surface area contributed by atoms with Crippen LogP contribution in [0, 0.1) is 10.1 Å². The quantitative estimate of drug-likeness (QED) is 0.617. The predicted molar refractivity (Wildman–Crippen MR) is 102 cm³/mol. The first-order chi connectivity index (χ1) is 13.0. The Kier molecular flexibility index (Phi) is 5.70. The number of piperazine rings is 1. The molecule has 0 saturated carbocycles. The number of nitrogens with zero attached hydrogens (tertiary/aromatic N) is 5. The van der Waals surface area contributed by atoms with E-state index in [0.717, 1.165) is 18.2 Å². The highest BCUT2D eigenvalue weighted by Crippen LogP contribution is 2.24. The third-order valence-electron chi connectivity index (χ3n) is 4.29. The van der Waals surface area contributed by atoms with E-state index in [9.17, 15) is 14.9 Å². The van der Waals surface area contributed by atoms with Gasteiger partial charge >= 0.3 is 0 Å². The molecule has 1 aromatic heterocycles. The lowest BCUT2D eigenvalue weighted by Crippen LogP contribution is -2.49. The minimum Gasteiger partial charge on any atom is -0.369 e. The lowest BCUT2D eigenvalue weighted by molar-refractivity contribution is -0.384. The van der Waals surface area contributed by atoms with Crippen LogP contribution in [0.2, 0.25) is 5.02 Å². The topological polar surface area (TPSA) is 104 Å². The molecule has 9 nitrogen and oxygen atoms in total. The third kappa shape index (κ3) is 4.25. The van der Waals surface area contributed by atoms with Crippen LogP contribution in [-0.2, 0) is 0 Å². The molecule has 0 radical (unpaired) electrons. The number of nitrogens with one attached hydrogen (secondary N) is 1. The normalized spacial score (nSPS) is 14.1. The number of carbonyl (C=O) groups is 1. The Morgan fingerprint density at radius 2 is 1.96 bits per heavy atom. The number of non-ortho nitro benzene ring substituents is 1. The standard InChI is InChI=1S/C17H19ClN6O3/c1-2-19-15-5-6-16(21-20-15)22-7-9-23(10-8-22)17(25)13-4-3-12(24(26)27)11-14(13)18/h3-6,11H,2,7-10H2,1H3,(H,19,20). The summed E-state index contributed by atoms with van der Waals surface area (Å²) in [5, 5.41) is 22.3. The number of nitro groups is 1. The first-order valence-corrected chi connectivity index (χ1v) is 8.93. The van der Waals surface area contributed by atoms with Gasteiger partial charge in [0.25, 0.3) is 11.6 Å². The molecule has 1 amide bonds. The summed E-state index contributed by atoms with van der Waals surface area (Å²) in [7, 11) is 0. The minimum absolute atomic E-state index is 0.0847. The van der Waals surface area contributed by atoms with Gasteiger partial charge in [-0.05, 0) is 25.1 Å². The molecule has 1 N–H and O–H groups in total. The van der Waals surface area contributed by atoms with Crippen molar-refractivity contribution in [2.45, 2.75) is 6.92 Å². The number of rotatable bonds is 5. The smallest absolute Gasteiger partial charge is 0.270 e. The van der Waals surface area contributed by atoms with Crippen molar-refractivity contribution < 1.29 is 9.72 Å². The number of carbonyl (C=O) groups excluding carboxylic acids is 1. The van der Waals surface area contributed by atoms with Gasteiger partial charge in [-0.3, -0.25) is 14.9 Å². The van der Waals surface area contributed by atoms with Crippen molar-refractivity contribution in [1.82, 2.24) is 15.1 Å². The van der Waals surface area contributed by atoms with Gasteiger partial charge in [0, 0.05) is 44.9 Å². The van der Waals surface area contributed by atoms with E-state index < -0.39 is 4.92 Å². The molecule has 0 spiro atoms. The highest BCUT2D eigenvalue weighted by molar-refractivity contribution is 6.34. The van der Waals surface area contributed by atoms with Gasteiger partial charge in [-0.2, -0.15) is 0 Å². The Morgan fingerprint density at radius 1 is 1.22 bits per heavy atom. The zero-order chi connectivity index (χ0) is 19.4. The number of amides is 1. The molecule has 0 atom stereocenters. The van der Waals surface area contributed by atoms with Crippen molar-refractivity contribution >= 4 is 34.8 Å². The molecule has 0 aliphatic carbocycles. The minimum atomic E-state index is -0.540. The lowest BCUT2D eigenvalue weighted by atomic mass is 10.1. The lowest BCUT2D eigenvalue weighted by Gasteiger charge is -2.35. The summed E-state index contributed by atoms with van der Waals surface area (Å²) < 4.78 is 0. The second-order valence-electron chi connectivity index (χ2n) is 6.01. The predicted octanol–water partition coefficient (Wildman–Crippen LogP) is 2.43. The Balaban J connectivity index is 1.63. The van der Waals surface area contributed by atoms with Gasteiger partial charge in [0.15, 0.2) is 5.82 Å². The maximum Gasteiger partial charge on any atom is 0.270 e. The number of hydrogen-bond donors (Lipinski definition) is 1. The molecule has 10 heteroatoms. The molecule has 0 unspecified atom stereocenters. The zero-order valence-electron chi connectivity index (χ0n) is 14.8. The molecule has 27 heavy (non-hydrogen) atoms. The van der Waals surface area contributed by atoms with Crippen LogP contribution in [0.15, 0.2) is 30.3 Å². The van der Waals surface area contributed by atoms with Crippen molar-refractivity contribution in [2.75, 3.05) is 42.9 Å². The van der Waals surface area contributed by atoms with Crippen LogP contribution in [0.4, 0.5) is 17.3 Å². The Morgan fingerprint density at radius 3 is 2.52 bits per heavy atom. The van der Waals surface area contributed by atoms with Gasteiger partial charge < -0.3 is 15.1 Å². The zero-order valence-corrected chi connectivity index (χ0v) is 15.5. The van der Waals surface area contributed by atoms with E-state index in [1.165, 1.54) is 18.2 Å². The summed E-state index contributed by atoms with van der Waals surface area (Å²) in [5.74, 6) is 1.25. The average Bonchev–Trinajstić information content (AvgIpc) is 2.68. The molecule has 0 bridgehead atoms. The second kappa shape index (κ2) is 8.17. The van der Waals surface area contributed by atoms with Gasteiger partial charge in [-0.15, -0.1) is 10.2 Å². The van der Waals surface area contributed by atoms with E-state index in [1.54, 1.807) is 4.90 Å². The van der Waals surface area contributed by atoms with Crippen molar-refractivity contribution in [3.63, 3.8) is 0 Å². The van der Waals surface area contributed by atoms with E-state index in [0.29, 0.717) is 26.2 Å².